The van der Waals surface area contributed by atoms with Gasteiger partial charge >= 0.3 is 5.97 Å². The van der Waals surface area contributed by atoms with Gasteiger partial charge in [-0.25, -0.2) is 9.79 Å². The van der Waals surface area contributed by atoms with E-state index in [4.69, 9.17) is 44.3 Å². The van der Waals surface area contributed by atoms with Crippen LogP contribution in [0, 0.1) is 0 Å². The molecule has 0 unspecified atom stereocenters. The van der Waals surface area contributed by atoms with Crippen molar-refractivity contribution >= 4 is 58.2 Å². The largest absolute Gasteiger partial charge is 0.488 e. The first-order valence-electron chi connectivity index (χ1n) is 12.4. The maximum absolute atomic E-state index is 13.9. The van der Waals surface area contributed by atoms with Crippen molar-refractivity contribution in [1.82, 2.24) is 4.57 Å². The van der Waals surface area contributed by atoms with E-state index in [1.165, 1.54) is 15.9 Å². The summed E-state index contributed by atoms with van der Waals surface area (Å²) in [6.45, 7) is 3.87. The molecule has 3 aromatic carbocycles. The maximum Gasteiger partial charge on any atom is 0.338 e. The van der Waals surface area contributed by atoms with Crippen molar-refractivity contribution in [3.05, 3.63) is 129 Å². The fourth-order valence-corrected chi connectivity index (χ4v) is 6.11. The molecule has 5 rings (SSSR count). The Balaban J connectivity index is 1.64. The number of carbonyl (C=O) groups is 1. The van der Waals surface area contributed by atoms with Gasteiger partial charge in [-0.2, -0.15) is 0 Å². The van der Waals surface area contributed by atoms with E-state index in [2.05, 4.69) is 4.99 Å². The van der Waals surface area contributed by atoms with Crippen molar-refractivity contribution in [2.45, 2.75) is 26.5 Å². The van der Waals surface area contributed by atoms with Gasteiger partial charge in [-0.1, -0.05) is 82.5 Å². The highest BCUT2D eigenvalue weighted by Gasteiger charge is 2.34. The first-order chi connectivity index (χ1) is 19.3. The van der Waals surface area contributed by atoms with Crippen LogP contribution in [0.2, 0.25) is 15.1 Å². The zero-order chi connectivity index (χ0) is 28.4. The minimum atomic E-state index is -0.804. The quantitative estimate of drug-likeness (QED) is 0.228. The maximum atomic E-state index is 13.9. The van der Waals surface area contributed by atoms with Crippen LogP contribution in [-0.4, -0.2) is 17.1 Å². The van der Waals surface area contributed by atoms with Crippen molar-refractivity contribution in [3.63, 3.8) is 0 Å². The highest BCUT2D eigenvalue weighted by Crippen LogP contribution is 2.34. The highest BCUT2D eigenvalue weighted by molar-refractivity contribution is 7.07. The Hall–Kier alpha value is -3.36. The molecular weight excluding hydrogens is 591 g/mol. The van der Waals surface area contributed by atoms with E-state index in [-0.39, 0.29) is 24.3 Å². The zero-order valence-corrected chi connectivity index (χ0v) is 24.6. The van der Waals surface area contributed by atoms with Gasteiger partial charge in [0.25, 0.3) is 5.56 Å². The van der Waals surface area contributed by atoms with Crippen LogP contribution in [0.5, 0.6) is 5.75 Å². The van der Waals surface area contributed by atoms with Gasteiger partial charge in [-0.3, -0.25) is 9.36 Å². The summed E-state index contributed by atoms with van der Waals surface area (Å²) in [7, 11) is 0. The molecule has 0 saturated heterocycles. The fraction of sp³-hybridized carbons (Fsp3) is 0.167. The number of halogens is 3. The molecule has 204 valence electrons. The standard InChI is InChI=1S/C30H23Cl3N2O4S/c1-3-38-29(37)26-17(2)34-30-35(27(26)21-9-5-7-11-23(21)33)28(36)25(40-30)15-19-14-20(31)12-13-24(19)39-16-18-8-4-6-10-22(18)32/h4-15,27H,3,16H2,1-2H3/b25-15-/t27-/m1/s1. The molecule has 1 aliphatic rings. The van der Waals surface area contributed by atoms with Crippen LogP contribution in [0.4, 0.5) is 0 Å². The number of allylic oxidation sites excluding steroid dienone is 1. The molecule has 40 heavy (non-hydrogen) atoms. The molecule has 6 nitrogen and oxygen atoms in total. The predicted octanol–water partition coefficient (Wildman–Crippen LogP) is 6.34. The van der Waals surface area contributed by atoms with Crippen LogP contribution in [-0.2, 0) is 16.1 Å². The summed E-state index contributed by atoms with van der Waals surface area (Å²) in [6.07, 6.45) is 1.71. The van der Waals surface area contributed by atoms with Gasteiger partial charge in [0.15, 0.2) is 4.80 Å². The Bertz CT molecular complexity index is 1830. The van der Waals surface area contributed by atoms with Crippen LogP contribution in [0.1, 0.15) is 36.6 Å². The SMILES string of the molecule is CCOC(=O)C1=C(C)N=c2s/c(=C\c3cc(Cl)ccc3OCc3ccccc3Cl)c(=O)n2[C@@H]1c1ccccc1Cl. The molecule has 0 N–H and O–H groups in total. The summed E-state index contributed by atoms with van der Waals surface area (Å²) < 4.78 is 13.3. The molecule has 1 aromatic heterocycles. The van der Waals surface area contributed by atoms with Crippen molar-refractivity contribution < 1.29 is 14.3 Å². The van der Waals surface area contributed by atoms with E-state index >= 15 is 0 Å². The van der Waals surface area contributed by atoms with E-state index in [0.29, 0.717) is 47.0 Å². The molecule has 1 aliphatic heterocycles. The Morgan fingerprint density at radius 1 is 1.05 bits per heavy atom. The molecule has 0 bridgehead atoms. The lowest BCUT2D eigenvalue weighted by Crippen LogP contribution is -2.40. The third-order valence-corrected chi connectivity index (χ3v) is 8.25. The fourth-order valence-electron chi connectivity index (χ4n) is 4.46. The number of benzene rings is 3. The number of ether oxygens (including phenoxy) is 2. The molecular formula is C30H23Cl3N2O4S. The van der Waals surface area contributed by atoms with E-state index < -0.39 is 12.0 Å². The third kappa shape index (κ3) is 5.60. The minimum absolute atomic E-state index is 0.182. The second kappa shape index (κ2) is 12.0. The van der Waals surface area contributed by atoms with Gasteiger partial charge in [0.2, 0.25) is 0 Å². The summed E-state index contributed by atoms with van der Waals surface area (Å²) in [4.78, 5) is 32.1. The second-order valence-corrected chi connectivity index (χ2v) is 11.1. The molecule has 0 spiro atoms. The number of aromatic nitrogens is 1. The topological polar surface area (TPSA) is 69.9 Å². The lowest BCUT2D eigenvalue weighted by atomic mass is 9.96. The molecule has 4 aromatic rings. The summed E-state index contributed by atoms with van der Waals surface area (Å²) in [5.41, 5.74) is 2.43. The van der Waals surface area contributed by atoms with Crippen LogP contribution in [0.25, 0.3) is 6.08 Å². The van der Waals surface area contributed by atoms with Gasteiger partial charge in [0, 0.05) is 26.2 Å². The number of rotatable bonds is 7. The minimum Gasteiger partial charge on any atom is -0.488 e. The molecule has 0 fully saturated rings. The van der Waals surface area contributed by atoms with Crippen molar-refractivity contribution in [2.75, 3.05) is 6.61 Å². The molecule has 10 heteroatoms. The van der Waals surface area contributed by atoms with Crippen LogP contribution in [0.3, 0.4) is 0 Å². The summed E-state index contributed by atoms with van der Waals surface area (Å²) in [5.74, 6) is -0.0192. The average molecular weight is 614 g/mol. The molecule has 0 aliphatic carbocycles. The molecule has 0 radical (unpaired) electrons. The number of esters is 1. The van der Waals surface area contributed by atoms with E-state index in [1.807, 2.05) is 24.3 Å². The average Bonchev–Trinajstić information content (AvgIpc) is 3.23. The van der Waals surface area contributed by atoms with Gasteiger partial charge in [-0.15, -0.1) is 0 Å². The number of nitrogens with zero attached hydrogens (tertiary/aromatic N) is 2. The van der Waals surface area contributed by atoms with Gasteiger partial charge < -0.3 is 9.47 Å². The lowest BCUT2D eigenvalue weighted by Gasteiger charge is -2.25. The van der Waals surface area contributed by atoms with E-state index in [9.17, 15) is 9.59 Å². The zero-order valence-electron chi connectivity index (χ0n) is 21.5. The number of carbonyl (C=O) groups excluding carboxylic acids is 1. The summed E-state index contributed by atoms with van der Waals surface area (Å²) in [6, 6.07) is 18.9. The molecule has 0 amide bonds. The first kappa shape index (κ1) is 28.2. The number of hydrogen-bond acceptors (Lipinski definition) is 6. The first-order valence-corrected chi connectivity index (χ1v) is 14.3. The third-order valence-electron chi connectivity index (χ3n) is 6.32. The normalized spacial score (nSPS) is 15.0. The van der Waals surface area contributed by atoms with E-state index in [1.54, 1.807) is 62.4 Å². The van der Waals surface area contributed by atoms with E-state index in [0.717, 1.165) is 5.56 Å². The lowest BCUT2D eigenvalue weighted by molar-refractivity contribution is -0.139. The Morgan fingerprint density at radius 3 is 2.50 bits per heavy atom. The molecule has 2 heterocycles. The number of thiazole rings is 1. The van der Waals surface area contributed by atoms with Gasteiger partial charge in [0.05, 0.1) is 22.4 Å². The number of hydrogen-bond donors (Lipinski definition) is 0. The predicted molar refractivity (Wildman–Crippen MR) is 159 cm³/mol. The van der Waals surface area contributed by atoms with Crippen molar-refractivity contribution in [3.8, 4) is 5.75 Å². The smallest absolute Gasteiger partial charge is 0.338 e. The molecule has 1 atom stereocenters. The van der Waals surface area contributed by atoms with Crippen LogP contribution in [0.15, 0.2) is 87.8 Å². The van der Waals surface area contributed by atoms with Crippen molar-refractivity contribution in [2.24, 2.45) is 4.99 Å². The Labute approximate surface area is 249 Å². The Morgan fingerprint density at radius 2 is 1.77 bits per heavy atom. The highest BCUT2D eigenvalue weighted by atomic mass is 35.5. The monoisotopic (exact) mass is 612 g/mol. The van der Waals surface area contributed by atoms with Crippen LogP contribution >= 0.6 is 46.1 Å². The summed E-state index contributed by atoms with van der Waals surface area (Å²) >= 11 is 20.4. The Kier molecular flexibility index (Phi) is 8.47. The number of fused-ring (bicyclic) bond motifs is 1. The van der Waals surface area contributed by atoms with Gasteiger partial charge in [0.1, 0.15) is 18.4 Å². The van der Waals surface area contributed by atoms with Crippen LogP contribution < -0.4 is 19.6 Å². The van der Waals surface area contributed by atoms with Crippen molar-refractivity contribution in [1.29, 1.82) is 0 Å². The second-order valence-electron chi connectivity index (χ2n) is 8.89. The van der Waals surface area contributed by atoms with Gasteiger partial charge in [-0.05, 0) is 55.8 Å². The summed E-state index contributed by atoms with van der Waals surface area (Å²) in [5, 5.41) is 1.50. The molecule has 0 saturated carbocycles.